The Balaban J connectivity index is 1.99. The lowest BCUT2D eigenvalue weighted by molar-refractivity contribution is -0.0443. The highest BCUT2D eigenvalue weighted by atomic mass is 35.5. The minimum absolute atomic E-state index is 0.0314. The van der Waals surface area contributed by atoms with Gasteiger partial charge in [0.1, 0.15) is 16.3 Å². The van der Waals surface area contributed by atoms with E-state index in [-0.39, 0.29) is 34.7 Å². The lowest BCUT2D eigenvalue weighted by Crippen LogP contribution is -2.37. The summed E-state index contributed by atoms with van der Waals surface area (Å²) in [6.07, 6.45) is 0.640. The zero-order valence-electron chi connectivity index (χ0n) is 18.3. The molecule has 0 amide bonds. The number of anilines is 3. The van der Waals surface area contributed by atoms with E-state index in [4.69, 9.17) is 16.4 Å². The van der Waals surface area contributed by atoms with E-state index in [2.05, 4.69) is 10.6 Å². The van der Waals surface area contributed by atoms with Crippen molar-refractivity contribution in [3.8, 4) is 5.75 Å². The van der Waals surface area contributed by atoms with E-state index < -0.39 is 31.5 Å². The molecule has 0 saturated carbocycles. The summed E-state index contributed by atoms with van der Waals surface area (Å²) in [6, 6.07) is 11.8. The van der Waals surface area contributed by atoms with Gasteiger partial charge in [0.25, 0.3) is 20.9 Å². The highest BCUT2D eigenvalue weighted by molar-refractivity contribution is 7.89. The summed E-state index contributed by atoms with van der Waals surface area (Å²) in [7, 11) is -3.13. The molecule has 0 spiro atoms. The normalized spacial score (nSPS) is 12.8. The average Bonchev–Trinajstić information content (AvgIpc) is 2.80. The van der Waals surface area contributed by atoms with Crippen molar-refractivity contribution >= 4 is 38.7 Å². The molecule has 0 aliphatic rings. The van der Waals surface area contributed by atoms with Crippen LogP contribution in [0.25, 0.3) is 0 Å². The summed E-state index contributed by atoms with van der Waals surface area (Å²) in [5.74, 6) is -0.702. The quantitative estimate of drug-likeness (QED) is 0.222. The lowest BCUT2D eigenvalue weighted by Gasteiger charge is -2.23. The Kier molecular flexibility index (Phi) is 7.43. The Morgan fingerprint density at radius 3 is 2.27 bits per heavy atom. The van der Waals surface area contributed by atoms with Crippen LogP contribution in [0.3, 0.4) is 0 Å². The fraction of sp³-hybridized carbons (Fsp3) is 0.273. The van der Waals surface area contributed by atoms with Crippen LogP contribution in [0.1, 0.15) is 31.9 Å². The second kappa shape index (κ2) is 9.92. The zero-order chi connectivity index (χ0) is 24.3. The van der Waals surface area contributed by atoms with Gasteiger partial charge in [-0.1, -0.05) is 53.3 Å². The van der Waals surface area contributed by atoms with Gasteiger partial charge in [-0.25, -0.2) is 8.42 Å². The predicted octanol–water partition coefficient (Wildman–Crippen LogP) is 3.52. The van der Waals surface area contributed by atoms with Gasteiger partial charge in [-0.3, -0.25) is 14.4 Å². The van der Waals surface area contributed by atoms with Crippen molar-refractivity contribution in [3.63, 3.8) is 0 Å². The predicted molar refractivity (Wildman–Crippen MR) is 127 cm³/mol. The van der Waals surface area contributed by atoms with E-state index in [1.807, 2.05) is 37.3 Å². The third-order valence-electron chi connectivity index (χ3n) is 5.17. The first-order valence-corrected chi connectivity index (χ1v) is 12.0. The van der Waals surface area contributed by atoms with Gasteiger partial charge in [0.05, 0.1) is 23.9 Å². The van der Waals surface area contributed by atoms with Gasteiger partial charge < -0.3 is 15.7 Å². The van der Waals surface area contributed by atoms with Crippen LogP contribution >= 0.6 is 11.6 Å². The molecular weight excluding hydrogens is 470 g/mol. The highest BCUT2D eigenvalue weighted by Crippen LogP contribution is 2.40. The fourth-order valence-corrected chi connectivity index (χ4v) is 5.31. The largest absolute Gasteiger partial charge is 0.504 e. The van der Waals surface area contributed by atoms with Crippen molar-refractivity contribution in [2.24, 2.45) is 0 Å². The standard InChI is InChI=1S/C22H24ClN3O6S/c1-4-15(13-9-7-6-8-10-13)24-17-18(21(29)20(17)28)25-16-12-11-14(23)22(19(16)27)33(30,31)26(5-2)32-3/h6-12,15,24-25,27H,4-5H2,1-3H3/t15-/m0/s1. The SMILES string of the molecule is CC[C@H](Nc1c(Nc2ccc(Cl)c(S(=O)(=O)N(CC)OC)c2O)c(=O)c1=O)c1ccccc1. The maximum absolute atomic E-state index is 12.9. The molecule has 0 fully saturated rings. The van der Waals surface area contributed by atoms with Crippen LogP contribution in [0, 0.1) is 0 Å². The number of rotatable bonds is 10. The molecule has 0 heterocycles. The topological polar surface area (TPSA) is 125 Å². The Bertz CT molecular complexity index is 1320. The monoisotopic (exact) mass is 493 g/mol. The van der Waals surface area contributed by atoms with Crippen LogP contribution in [0.4, 0.5) is 17.1 Å². The number of nitrogens with one attached hydrogen (secondary N) is 2. The number of phenols is 1. The second-order valence-corrected chi connectivity index (χ2v) is 9.30. The summed E-state index contributed by atoms with van der Waals surface area (Å²) < 4.78 is 26.4. The first-order chi connectivity index (χ1) is 15.7. The van der Waals surface area contributed by atoms with Crippen LogP contribution in [-0.2, 0) is 14.9 Å². The zero-order valence-corrected chi connectivity index (χ0v) is 19.8. The molecule has 0 radical (unpaired) electrons. The number of phenolic OH excluding ortho intramolecular Hbond substituents is 1. The number of sulfonamides is 1. The van der Waals surface area contributed by atoms with Crippen LogP contribution in [0.15, 0.2) is 56.9 Å². The van der Waals surface area contributed by atoms with Crippen LogP contribution < -0.4 is 21.5 Å². The third kappa shape index (κ3) is 4.60. The number of benzene rings is 2. The van der Waals surface area contributed by atoms with Gasteiger partial charge >= 0.3 is 0 Å². The van der Waals surface area contributed by atoms with Gasteiger partial charge in [0.15, 0.2) is 5.75 Å². The van der Waals surface area contributed by atoms with Crippen molar-refractivity contribution in [2.75, 3.05) is 24.3 Å². The molecule has 3 aromatic rings. The van der Waals surface area contributed by atoms with E-state index in [1.165, 1.54) is 19.2 Å². The minimum Gasteiger partial charge on any atom is -0.504 e. The lowest BCUT2D eigenvalue weighted by atomic mass is 10.0. The van der Waals surface area contributed by atoms with Gasteiger partial charge in [-0.2, -0.15) is 0 Å². The Morgan fingerprint density at radius 2 is 1.70 bits per heavy atom. The Hall–Kier alpha value is -2.92. The second-order valence-electron chi connectivity index (χ2n) is 7.13. The van der Waals surface area contributed by atoms with Gasteiger partial charge in [-0.05, 0) is 31.0 Å². The number of halogens is 1. The molecule has 11 heteroatoms. The molecule has 0 saturated heterocycles. The summed E-state index contributed by atoms with van der Waals surface area (Å²) >= 11 is 6.07. The third-order valence-corrected chi connectivity index (χ3v) is 7.47. The molecule has 0 unspecified atom stereocenters. The van der Waals surface area contributed by atoms with Crippen LogP contribution in [0.5, 0.6) is 5.75 Å². The van der Waals surface area contributed by atoms with E-state index >= 15 is 0 Å². The van der Waals surface area contributed by atoms with Crippen molar-refractivity contribution in [2.45, 2.75) is 31.2 Å². The molecule has 1 atom stereocenters. The first kappa shape index (κ1) is 24.7. The first-order valence-electron chi connectivity index (χ1n) is 10.2. The summed E-state index contributed by atoms with van der Waals surface area (Å²) in [6.45, 7) is 3.45. The van der Waals surface area contributed by atoms with Crippen molar-refractivity contribution in [1.82, 2.24) is 4.47 Å². The van der Waals surface area contributed by atoms with Gasteiger partial charge in [-0.15, -0.1) is 0 Å². The van der Waals surface area contributed by atoms with Crippen molar-refractivity contribution < 1.29 is 18.4 Å². The molecule has 33 heavy (non-hydrogen) atoms. The summed E-state index contributed by atoms with van der Waals surface area (Å²) in [4.78, 5) is 28.8. The molecular formula is C22H24ClN3O6S. The number of hydrogen-bond acceptors (Lipinski definition) is 8. The fourth-order valence-electron chi connectivity index (χ4n) is 3.46. The molecule has 9 nitrogen and oxygen atoms in total. The number of hydroxylamine groups is 1. The Morgan fingerprint density at radius 1 is 1.06 bits per heavy atom. The molecule has 3 N–H and O–H groups in total. The smallest absolute Gasteiger partial charge is 0.270 e. The number of hydrogen-bond donors (Lipinski definition) is 3. The average molecular weight is 494 g/mol. The summed E-state index contributed by atoms with van der Waals surface area (Å²) in [5, 5.41) is 16.2. The van der Waals surface area contributed by atoms with Gasteiger partial charge in [0.2, 0.25) is 0 Å². The van der Waals surface area contributed by atoms with E-state index in [9.17, 15) is 23.1 Å². The Labute approximate surface area is 196 Å². The number of nitrogens with zero attached hydrogens (tertiary/aromatic N) is 1. The maximum atomic E-state index is 12.9. The van der Waals surface area contributed by atoms with Crippen molar-refractivity contribution in [1.29, 1.82) is 0 Å². The molecule has 0 aromatic heterocycles. The molecule has 0 aliphatic heterocycles. The van der Waals surface area contributed by atoms with Crippen LogP contribution in [-0.4, -0.2) is 31.6 Å². The van der Waals surface area contributed by atoms with E-state index in [0.29, 0.717) is 10.9 Å². The van der Waals surface area contributed by atoms with E-state index in [1.54, 1.807) is 6.92 Å². The van der Waals surface area contributed by atoms with Gasteiger partial charge in [0, 0.05) is 6.54 Å². The molecule has 0 aliphatic carbocycles. The molecule has 3 aromatic carbocycles. The van der Waals surface area contributed by atoms with E-state index in [0.717, 1.165) is 5.56 Å². The molecule has 176 valence electrons. The summed E-state index contributed by atoms with van der Waals surface area (Å²) in [5.41, 5.74) is -0.680. The minimum atomic E-state index is -4.30. The molecule has 0 bridgehead atoms. The highest BCUT2D eigenvalue weighted by Gasteiger charge is 2.32. The number of aromatic hydroxyl groups is 1. The van der Waals surface area contributed by atoms with Crippen LogP contribution in [0.2, 0.25) is 5.02 Å². The maximum Gasteiger partial charge on any atom is 0.270 e. The molecule has 3 rings (SSSR count). The van der Waals surface area contributed by atoms with Crippen molar-refractivity contribution in [3.05, 3.63) is 73.5 Å².